The van der Waals surface area contributed by atoms with Gasteiger partial charge in [0.2, 0.25) is 5.91 Å². The zero-order valence-corrected chi connectivity index (χ0v) is 15.7. The van der Waals surface area contributed by atoms with Crippen molar-refractivity contribution in [2.24, 2.45) is 0 Å². The van der Waals surface area contributed by atoms with E-state index in [9.17, 15) is 9.18 Å². The second kappa shape index (κ2) is 8.97. The van der Waals surface area contributed by atoms with E-state index in [0.29, 0.717) is 5.75 Å². The third-order valence-corrected chi connectivity index (χ3v) is 4.75. The van der Waals surface area contributed by atoms with E-state index in [0.717, 1.165) is 37.2 Å². The lowest BCUT2D eigenvalue weighted by molar-refractivity contribution is -0.125. The number of halogens is 1. The van der Waals surface area contributed by atoms with Crippen LogP contribution in [0.1, 0.15) is 12.0 Å². The van der Waals surface area contributed by atoms with Crippen LogP contribution in [0.2, 0.25) is 0 Å². The number of hydrogen-bond acceptors (Lipinski definition) is 4. The van der Waals surface area contributed by atoms with Crippen molar-refractivity contribution >= 4 is 5.91 Å². The van der Waals surface area contributed by atoms with E-state index in [1.54, 1.807) is 13.2 Å². The Bertz CT molecular complexity index is 779. The Hall–Kier alpha value is -2.44. The SMILES string of the molecule is COCC(=O)NC1CCN(Cc2ccc(-c3cc(F)ccc3OC)cc2)C1. The molecule has 2 aromatic rings. The van der Waals surface area contributed by atoms with Gasteiger partial charge in [-0.15, -0.1) is 0 Å². The number of carbonyl (C=O) groups is 1. The molecule has 1 unspecified atom stereocenters. The third-order valence-electron chi connectivity index (χ3n) is 4.75. The lowest BCUT2D eigenvalue weighted by Crippen LogP contribution is -2.38. The molecule has 27 heavy (non-hydrogen) atoms. The summed E-state index contributed by atoms with van der Waals surface area (Å²) in [6, 6.07) is 12.8. The first-order valence-corrected chi connectivity index (χ1v) is 9.02. The molecule has 1 heterocycles. The monoisotopic (exact) mass is 372 g/mol. The van der Waals surface area contributed by atoms with Gasteiger partial charge in [0.15, 0.2) is 0 Å². The highest BCUT2D eigenvalue weighted by atomic mass is 19.1. The van der Waals surface area contributed by atoms with Crippen LogP contribution in [0.25, 0.3) is 11.1 Å². The van der Waals surface area contributed by atoms with Crippen molar-refractivity contribution in [3.8, 4) is 16.9 Å². The summed E-state index contributed by atoms with van der Waals surface area (Å²) >= 11 is 0. The van der Waals surface area contributed by atoms with Crippen LogP contribution in [0.5, 0.6) is 5.75 Å². The minimum Gasteiger partial charge on any atom is -0.496 e. The molecule has 0 aromatic heterocycles. The van der Waals surface area contributed by atoms with E-state index in [1.165, 1.54) is 24.8 Å². The van der Waals surface area contributed by atoms with Crippen molar-refractivity contribution < 1.29 is 18.7 Å². The molecular weight excluding hydrogens is 347 g/mol. The Morgan fingerprint density at radius 1 is 1.22 bits per heavy atom. The summed E-state index contributed by atoms with van der Waals surface area (Å²) in [6.45, 7) is 2.69. The number of methoxy groups -OCH3 is 2. The molecular formula is C21H25FN2O3. The first-order valence-electron chi connectivity index (χ1n) is 9.02. The highest BCUT2D eigenvalue weighted by Crippen LogP contribution is 2.31. The molecule has 1 N–H and O–H groups in total. The van der Waals surface area contributed by atoms with E-state index >= 15 is 0 Å². The number of ether oxygens (including phenoxy) is 2. The number of carbonyl (C=O) groups excluding carboxylic acids is 1. The predicted octanol–water partition coefficient (Wildman–Crippen LogP) is 2.84. The van der Waals surface area contributed by atoms with E-state index < -0.39 is 0 Å². The quantitative estimate of drug-likeness (QED) is 0.812. The summed E-state index contributed by atoms with van der Waals surface area (Å²) in [5.74, 6) is 0.296. The number of likely N-dealkylation sites (tertiary alicyclic amines) is 1. The molecule has 6 heteroatoms. The van der Waals surface area contributed by atoms with Gasteiger partial charge in [-0.25, -0.2) is 4.39 Å². The molecule has 2 aromatic carbocycles. The number of amides is 1. The fourth-order valence-corrected chi connectivity index (χ4v) is 3.45. The first kappa shape index (κ1) is 19.3. The molecule has 0 spiro atoms. The van der Waals surface area contributed by atoms with Crippen LogP contribution in [0.15, 0.2) is 42.5 Å². The van der Waals surface area contributed by atoms with E-state index in [-0.39, 0.29) is 24.4 Å². The van der Waals surface area contributed by atoms with Gasteiger partial charge >= 0.3 is 0 Å². The van der Waals surface area contributed by atoms with Gasteiger partial charge in [-0.3, -0.25) is 9.69 Å². The standard InChI is InChI=1S/C21H25FN2O3/c1-26-14-21(25)23-18-9-10-24(13-18)12-15-3-5-16(6-4-15)19-11-17(22)7-8-20(19)27-2/h3-8,11,18H,9-10,12-14H2,1-2H3,(H,23,25). The summed E-state index contributed by atoms with van der Waals surface area (Å²) < 4.78 is 23.8. The average molecular weight is 372 g/mol. The van der Waals surface area contributed by atoms with Crippen LogP contribution in [-0.2, 0) is 16.1 Å². The van der Waals surface area contributed by atoms with E-state index in [1.807, 2.05) is 12.1 Å². The maximum atomic E-state index is 13.6. The third kappa shape index (κ3) is 5.05. The predicted molar refractivity (Wildman–Crippen MR) is 102 cm³/mol. The van der Waals surface area contributed by atoms with Crippen LogP contribution >= 0.6 is 0 Å². The van der Waals surface area contributed by atoms with Crippen LogP contribution in [-0.4, -0.2) is 50.8 Å². The molecule has 3 rings (SSSR count). The smallest absolute Gasteiger partial charge is 0.246 e. The zero-order chi connectivity index (χ0) is 19.2. The largest absolute Gasteiger partial charge is 0.496 e. The summed E-state index contributed by atoms with van der Waals surface area (Å²) in [7, 11) is 3.10. The Morgan fingerprint density at radius 3 is 2.70 bits per heavy atom. The normalized spacial score (nSPS) is 17.1. The van der Waals surface area contributed by atoms with Gasteiger partial charge in [-0.05, 0) is 35.7 Å². The number of nitrogens with one attached hydrogen (secondary N) is 1. The second-order valence-electron chi connectivity index (χ2n) is 6.76. The van der Waals surface area contributed by atoms with Crippen molar-refractivity contribution in [1.82, 2.24) is 10.2 Å². The lowest BCUT2D eigenvalue weighted by Gasteiger charge is -2.17. The molecule has 1 amide bonds. The summed E-state index contributed by atoms with van der Waals surface area (Å²) in [5, 5.41) is 2.99. The Morgan fingerprint density at radius 2 is 2.00 bits per heavy atom. The molecule has 0 bridgehead atoms. The van der Waals surface area contributed by atoms with E-state index in [4.69, 9.17) is 9.47 Å². The van der Waals surface area contributed by atoms with Crippen molar-refractivity contribution in [1.29, 1.82) is 0 Å². The molecule has 0 saturated carbocycles. The number of benzene rings is 2. The van der Waals surface area contributed by atoms with Gasteiger partial charge in [0, 0.05) is 38.3 Å². The maximum absolute atomic E-state index is 13.6. The fourth-order valence-electron chi connectivity index (χ4n) is 3.45. The highest BCUT2D eigenvalue weighted by Gasteiger charge is 2.23. The minimum absolute atomic E-state index is 0.0715. The van der Waals surface area contributed by atoms with Crippen LogP contribution < -0.4 is 10.1 Å². The molecule has 1 fully saturated rings. The summed E-state index contributed by atoms with van der Waals surface area (Å²) in [4.78, 5) is 13.9. The van der Waals surface area contributed by atoms with Crippen molar-refractivity contribution in [3.05, 3.63) is 53.8 Å². The van der Waals surface area contributed by atoms with Gasteiger partial charge in [-0.1, -0.05) is 24.3 Å². The van der Waals surface area contributed by atoms with Gasteiger partial charge in [0.1, 0.15) is 18.2 Å². The van der Waals surface area contributed by atoms with Crippen molar-refractivity contribution in [2.45, 2.75) is 19.0 Å². The van der Waals surface area contributed by atoms with Crippen LogP contribution in [0.4, 0.5) is 4.39 Å². The number of hydrogen-bond donors (Lipinski definition) is 1. The van der Waals surface area contributed by atoms with Gasteiger partial charge in [-0.2, -0.15) is 0 Å². The van der Waals surface area contributed by atoms with Crippen molar-refractivity contribution in [3.63, 3.8) is 0 Å². The topological polar surface area (TPSA) is 50.8 Å². The van der Waals surface area contributed by atoms with Crippen molar-refractivity contribution in [2.75, 3.05) is 33.9 Å². The molecule has 0 aliphatic carbocycles. The summed E-state index contributed by atoms with van der Waals surface area (Å²) in [5.41, 5.74) is 2.84. The average Bonchev–Trinajstić information content (AvgIpc) is 3.09. The molecule has 1 aliphatic rings. The second-order valence-corrected chi connectivity index (χ2v) is 6.76. The molecule has 0 radical (unpaired) electrons. The molecule has 1 aliphatic heterocycles. The van der Waals surface area contributed by atoms with Gasteiger partial charge < -0.3 is 14.8 Å². The van der Waals surface area contributed by atoms with E-state index in [2.05, 4.69) is 22.3 Å². The molecule has 5 nitrogen and oxygen atoms in total. The summed E-state index contributed by atoms with van der Waals surface area (Å²) in [6.07, 6.45) is 0.939. The molecule has 144 valence electrons. The minimum atomic E-state index is -0.284. The lowest BCUT2D eigenvalue weighted by atomic mass is 10.0. The van der Waals surface area contributed by atoms with Crippen LogP contribution in [0, 0.1) is 5.82 Å². The highest BCUT2D eigenvalue weighted by molar-refractivity contribution is 5.77. The number of rotatable bonds is 7. The fraction of sp³-hybridized carbons (Fsp3) is 0.381. The maximum Gasteiger partial charge on any atom is 0.246 e. The Kier molecular flexibility index (Phi) is 6.42. The Labute approximate surface area is 159 Å². The zero-order valence-electron chi connectivity index (χ0n) is 15.7. The molecule has 1 atom stereocenters. The van der Waals surface area contributed by atoms with Gasteiger partial charge in [0.05, 0.1) is 7.11 Å². The Balaban J connectivity index is 1.60. The van der Waals surface area contributed by atoms with Gasteiger partial charge in [0.25, 0.3) is 0 Å². The van der Waals surface area contributed by atoms with Crippen LogP contribution in [0.3, 0.4) is 0 Å². The molecule has 1 saturated heterocycles. The first-order chi connectivity index (χ1) is 13.1. The number of nitrogens with zero attached hydrogens (tertiary/aromatic N) is 1.